The van der Waals surface area contributed by atoms with Crippen LogP contribution in [0.3, 0.4) is 0 Å². The molecule has 0 spiro atoms. The molecule has 0 aromatic heterocycles. The Labute approximate surface area is 114 Å². The number of carbonyl (C=O) groups excluding carboxylic acids is 1. The average Bonchev–Trinajstić information content (AvgIpc) is 2.38. The van der Waals surface area contributed by atoms with Gasteiger partial charge in [-0.15, -0.1) is 0 Å². The van der Waals surface area contributed by atoms with Crippen LogP contribution in [0, 0.1) is 5.92 Å². The summed E-state index contributed by atoms with van der Waals surface area (Å²) in [6.07, 6.45) is 4.55. The van der Waals surface area contributed by atoms with Crippen LogP contribution >= 0.6 is 0 Å². The van der Waals surface area contributed by atoms with Crippen molar-refractivity contribution in [3.8, 4) is 5.75 Å². The fraction of sp³-hybridized carbons (Fsp3) is 0.533. The molecule has 0 saturated heterocycles. The summed E-state index contributed by atoms with van der Waals surface area (Å²) in [4.78, 5) is 12.3. The fourth-order valence-electron chi connectivity index (χ4n) is 2.79. The maximum atomic E-state index is 12.3. The number of rotatable bonds is 3. The maximum Gasteiger partial charge on any atom is 0.255 e. The molecule has 4 nitrogen and oxygen atoms in total. The van der Waals surface area contributed by atoms with E-state index >= 15 is 0 Å². The van der Waals surface area contributed by atoms with Gasteiger partial charge in [-0.25, -0.2) is 0 Å². The summed E-state index contributed by atoms with van der Waals surface area (Å²) in [5.41, 5.74) is 6.83. The van der Waals surface area contributed by atoms with E-state index < -0.39 is 0 Å². The molecule has 104 valence electrons. The molecule has 1 saturated carbocycles. The number of nitrogens with one attached hydrogen (secondary N) is 1. The van der Waals surface area contributed by atoms with E-state index in [0.717, 1.165) is 12.8 Å². The summed E-state index contributed by atoms with van der Waals surface area (Å²) < 4.78 is 5.22. The molecule has 0 heterocycles. The maximum absolute atomic E-state index is 12.3. The molecule has 0 aliphatic heterocycles. The van der Waals surface area contributed by atoms with Gasteiger partial charge in [-0.1, -0.05) is 25.8 Å². The summed E-state index contributed by atoms with van der Waals surface area (Å²) in [6.45, 7) is 2.24. The van der Waals surface area contributed by atoms with Gasteiger partial charge in [0, 0.05) is 6.04 Å². The zero-order valence-electron chi connectivity index (χ0n) is 11.6. The summed E-state index contributed by atoms with van der Waals surface area (Å²) in [5, 5.41) is 3.09. The predicted molar refractivity (Wildman–Crippen MR) is 76.3 cm³/mol. The minimum atomic E-state index is -0.0942. The second-order valence-corrected chi connectivity index (χ2v) is 5.37. The molecule has 2 atom stereocenters. The van der Waals surface area contributed by atoms with E-state index in [0.29, 0.717) is 22.9 Å². The highest BCUT2D eigenvalue weighted by Crippen LogP contribution is 2.27. The van der Waals surface area contributed by atoms with Crippen molar-refractivity contribution >= 4 is 11.6 Å². The lowest BCUT2D eigenvalue weighted by atomic mass is 9.87. The van der Waals surface area contributed by atoms with Crippen LogP contribution in [0.5, 0.6) is 5.75 Å². The number of nitrogens with two attached hydrogens (primary N) is 1. The lowest BCUT2D eigenvalue weighted by Gasteiger charge is -2.27. The first-order valence-corrected chi connectivity index (χ1v) is 6.85. The van der Waals surface area contributed by atoms with Crippen LogP contribution in [0.15, 0.2) is 18.2 Å². The molecule has 0 radical (unpaired) electrons. The molecule has 2 unspecified atom stereocenters. The van der Waals surface area contributed by atoms with Crippen LogP contribution in [-0.4, -0.2) is 19.1 Å². The second kappa shape index (κ2) is 5.95. The van der Waals surface area contributed by atoms with Crippen molar-refractivity contribution in [2.24, 2.45) is 5.92 Å². The number of carbonyl (C=O) groups is 1. The first-order valence-electron chi connectivity index (χ1n) is 6.85. The normalized spacial score (nSPS) is 22.8. The Balaban J connectivity index is 2.09. The van der Waals surface area contributed by atoms with E-state index in [-0.39, 0.29) is 11.9 Å². The lowest BCUT2D eigenvalue weighted by Crippen LogP contribution is -2.38. The minimum absolute atomic E-state index is 0.0942. The van der Waals surface area contributed by atoms with Crippen LogP contribution in [-0.2, 0) is 0 Å². The molecule has 4 heteroatoms. The van der Waals surface area contributed by atoms with Crippen molar-refractivity contribution in [1.29, 1.82) is 0 Å². The monoisotopic (exact) mass is 262 g/mol. The molecule has 2 rings (SSSR count). The van der Waals surface area contributed by atoms with Crippen LogP contribution in [0.2, 0.25) is 0 Å². The Kier molecular flexibility index (Phi) is 4.30. The van der Waals surface area contributed by atoms with Gasteiger partial charge in [0.15, 0.2) is 5.75 Å². The quantitative estimate of drug-likeness (QED) is 0.823. The third kappa shape index (κ3) is 3.19. The van der Waals surface area contributed by atoms with Gasteiger partial charge in [0.1, 0.15) is 0 Å². The van der Waals surface area contributed by atoms with Gasteiger partial charge in [0.05, 0.1) is 18.4 Å². The summed E-state index contributed by atoms with van der Waals surface area (Å²) >= 11 is 0. The zero-order valence-corrected chi connectivity index (χ0v) is 11.6. The van der Waals surface area contributed by atoms with E-state index in [4.69, 9.17) is 10.5 Å². The van der Waals surface area contributed by atoms with Crippen molar-refractivity contribution < 1.29 is 9.53 Å². The van der Waals surface area contributed by atoms with E-state index in [1.807, 2.05) is 0 Å². The van der Waals surface area contributed by atoms with Crippen molar-refractivity contribution in [2.45, 2.75) is 38.6 Å². The van der Waals surface area contributed by atoms with Gasteiger partial charge in [0.2, 0.25) is 0 Å². The van der Waals surface area contributed by atoms with Gasteiger partial charge in [-0.05, 0) is 30.9 Å². The number of benzene rings is 1. The number of amides is 1. The predicted octanol–water partition coefficient (Wildman–Crippen LogP) is 2.59. The fourth-order valence-corrected chi connectivity index (χ4v) is 2.79. The van der Waals surface area contributed by atoms with Crippen molar-refractivity contribution in [3.05, 3.63) is 23.8 Å². The summed E-state index contributed by atoms with van der Waals surface area (Å²) in [7, 11) is 1.53. The SMILES string of the molecule is COc1c(N)cccc1C(=O)NC1CCCC(C)C1. The largest absolute Gasteiger partial charge is 0.494 e. The number of ether oxygens (including phenoxy) is 1. The Morgan fingerprint density at radius 2 is 2.21 bits per heavy atom. The standard InChI is InChI=1S/C15H22N2O2/c1-10-5-3-6-11(9-10)17-15(18)12-7-4-8-13(16)14(12)19-2/h4,7-8,10-11H,3,5-6,9,16H2,1-2H3,(H,17,18). The molecule has 1 aliphatic carbocycles. The summed E-state index contributed by atoms with van der Waals surface area (Å²) in [5.74, 6) is 1.05. The molecular weight excluding hydrogens is 240 g/mol. The van der Waals surface area contributed by atoms with Crippen molar-refractivity contribution in [1.82, 2.24) is 5.32 Å². The first kappa shape index (κ1) is 13.7. The molecule has 1 amide bonds. The topological polar surface area (TPSA) is 64.3 Å². The van der Waals surface area contributed by atoms with Gasteiger partial charge in [0.25, 0.3) is 5.91 Å². The molecular formula is C15H22N2O2. The van der Waals surface area contributed by atoms with Crippen LogP contribution in [0.4, 0.5) is 5.69 Å². The number of methoxy groups -OCH3 is 1. The average molecular weight is 262 g/mol. The van der Waals surface area contributed by atoms with Crippen LogP contribution < -0.4 is 15.8 Å². The Morgan fingerprint density at radius 3 is 2.89 bits per heavy atom. The highest BCUT2D eigenvalue weighted by atomic mass is 16.5. The molecule has 0 bridgehead atoms. The third-order valence-electron chi connectivity index (χ3n) is 3.77. The van der Waals surface area contributed by atoms with Crippen molar-refractivity contribution in [2.75, 3.05) is 12.8 Å². The number of hydrogen-bond acceptors (Lipinski definition) is 3. The van der Waals surface area contributed by atoms with Gasteiger partial charge in [-0.3, -0.25) is 4.79 Å². The van der Waals surface area contributed by atoms with Gasteiger partial charge < -0.3 is 15.8 Å². The Morgan fingerprint density at radius 1 is 1.42 bits per heavy atom. The van der Waals surface area contributed by atoms with E-state index in [1.54, 1.807) is 18.2 Å². The van der Waals surface area contributed by atoms with Crippen LogP contribution in [0.25, 0.3) is 0 Å². The number of hydrogen-bond donors (Lipinski definition) is 2. The van der Waals surface area contributed by atoms with Gasteiger partial charge >= 0.3 is 0 Å². The molecule has 1 aromatic carbocycles. The Hall–Kier alpha value is -1.71. The highest BCUT2D eigenvalue weighted by Gasteiger charge is 2.22. The first-order chi connectivity index (χ1) is 9.11. The molecule has 1 aromatic rings. The number of para-hydroxylation sites is 1. The Bertz CT molecular complexity index is 459. The van der Waals surface area contributed by atoms with Crippen LogP contribution in [0.1, 0.15) is 43.0 Å². The second-order valence-electron chi connectivity index (χ2n) is 5.37. The highest BCUT2D eigenvalue weighted by molar-refractivity contribution is 5.98. The number of anilines is 1. The van der Waals surface area contributed by atoms with E-state index in [2.05, 4.69) is 12.2 Å². The zero-order chi connectivity index (χ0) is 13.8. The van der Waals surface area contributed by atoms with E-state index in [9.17, 15) is 4.79 Å². The minimum Gasteiger partial charge on any atom is -0.494 e. The number of nitrogen functional groups attached to an aromatic ring is 1. The van der Waals surface area contributed by atoms with Crippen molar-refractivity contribution in [3.63, 3.8) is 0 Å². The molecule has 3 N–H and O–H groups in total. The molecule has 1 aliphatic rings. The summed E-state index contributed by atoms with van der Waals surface area (Å²) in [6, 6.07) is 5.52. The lowest BCUT2D eigenvalue weighted by molar-refractivity contribution is 0.0918. The third-order valence-corrected chi connectivity index (χ3v) is 3.77. The van der Waals surface area contributed by atoms with Gasteiger partial charge in [-0.2, -0.15) is 0 Å². The molecule has 1 fully saturated rings. The van der Waals surface area contributed by atoms with E-state index in [1.165, 1.54) is 20.0 Å². The molecule has 19 heavy (non-hydrogen) atoms. The smallest absolute Gasteiger partial charge is 0.255 e.